The van der Waals surface area contributed by atoms with Crippen LogP contribution in [0.25, 0.3) is 0 Å². The smallest absolute Gasteiger partial charge is 0.330 e. The Morgan fingerprint density at radius 3 is 2.32 bits per heavy atom. The summed E-state index contributed by atoms with van der Waals surface area (Å²) in [4.78, 5) is 38.7. The van der Waals surface area contributed by atoms with E-state index in [0.29, 0.717) is 17.1 Å². The van der Waals surface area contributed by atoms with E-state index in [0.717, 1.165) is 55.3 Å². The Hall–Kier alpha value is -3.38. The van der Waals surface area contributed by atoms with Crippen LogP contribution in [-0.2, 0) is 24.2 Å². The van der Waals surface area contributed by atoms with Gasteiger partial charge in [-0.05, 0) is 60.6 Å². The number of carboxylic acids is 1. The number of pyridine rings is 1. The SMILES string of the molecule is O=C(NC(C(=O)O)c1ccccc1)c1cc2c(n(Cc3ccc(Cl)cc3)c1=O)CCCCCC2. The molecule has 3 aromatic rings. The van der Waals surface area contributed by atoms with Crippen molar-refractivity contribution in [2.24, 2.45) is 0 Å². The second-order valence-corrected chi connectivity index (χ2v) is 9.05. The minimum absolute atomic E-state index is 0.0320. The van der Waals surface area contributed by atoms with Gasteiger partial charge in [-0.15, -0.1) is 0 Å². The van der Waals surface area contributed by atoms with Crippen LogP contribution >= 0.6 is 11.6 Å². The Morgan fingerprint density at radius 2 is 1.65 bits per heavy atom. The van der Waals surface area contributed by atoms with Crippen LogP contribution in [0.15, 0.2) is 65.5 Å². The molecule has 0 radical (unpaired) electrons. The number of nitrogens with one attached hydrogen (secondary N) is 1. The number of aliphatic carboxylic acids is 1. The standard InChI is InChI=1S/C27H27ClN2O4/c28-21-14-12-18(13-15-21)17-30-23-11-7-2-1-4-10-20(23)16-22(26(30)32)25(31)29-24(27(33)34)19-8-5-3-6-9-19/h3,5-6,8-9,12-16,24H,1-2,4,7,10-11,17H2,(H,29,31)(H,33,34). The van der Waals surface area contributed by atoms with Crippen LogP contribution in [0, 0.1) is 0 Å². The van der Waals surface area contributed by atoms with Crippen molar-refractivity contribution in [3.63, 3.8) is 0 Å². The Morgan fingerprint density at radius 1 is 0.971 bits per heavy atom. The first-order chi connectivity index (χ1) is 16.4. The van der Waals surface area contributed by atoms with Crippen LogP contribution in [0.3, 0.4) is 0 Å². The summed E-state index contributed by atoms with van der Waals surface area (Å²) in [6.07, 6.45) is 5.71. The van der Waals surface area contributed by atoms with E-state index in [1.54, 1.807) is 53.1 Å². The summed E-state index contributed by atoms with van der Waals surface area (Å²) in [5, 5.41) is 12.9. The van der Waals surface area contributed by atoms with E-state index < -0.39 is 23.5 Å². The minimum Gasteiger partial charge on any atom is -0.479 e. The molecule has 1 unspecified atom stereocenters. The molecule has 1 aliphatic carbocycles. The lowest BCUT2D eigenvalue weighted by Gasteiger charge is -2.22. The van der Waals surface area contributed by atoms with E-state index in [4.69, 9.17) is 11.6 Å². The monoisotopic (exact) mass is 478 g/mol. The molecular formula is C27H27ClN2O4. The van der Waals surface area contributed by atoms with Gasteiger partial charge in [-0.3, -0.25) is 9.59 Å². The van der Waals surface area contributed by atoms with Crippen LogP contribution < -0.4 is 10.9 Å². The number of aromatic nitrogens is 1. The van der Waals surface area contributed by atoms with E-state index >= 15 is 0 Å². The Labute approximate surface area is 203 Å². The second-order valence-electron chi connectivity index (χ2n) is 8.62. The zero-order valence-corrected chi connectivity index (χ0v) is 19.6. The molecule has 1 amide bonds. The Kier molecular flexibility index (Phi) is 7.48. The van der Waals surface area contributed by atoms with Gasteiger partial charge in [0.2, 0.25) is 0 Å². The van der Waals surface area contributed by atoms with Crippen LogP contribution in [0.2, 0.25) is 5.02 Å². The van der Waals surface area contributed by atoms with Gasteiger partial charge in [0.25, 0.3) is 11.5 Å². The summed E-state index contributed by atoms with van der Waals surface area (Å²) < 4.78 is 1.68. The lowest BCUT2D eigenvalue weighted by molar-refractivity contribution is -0.139. The molecule has 6 nitrogen and oxygen atoms in total. The van der Waals surface area contributed by atoms with Crippen LogP contribution in [0.5, 0.6) is 0 Å². The number of amides is 1. The van der Waals surface area contributed by atoms with Gasteiger partial charge in [-0.1, -0.05) is 66.9 Å². The summed E-state index contributed by atoms with van der Waals surface area (Å²) in [5.74, 6) is -1.87. The van der Waals surface area contributed by atoms with Crippen LogP contribution in [-0.4, -0.2) is 21.6 Å². The number of carbonyl (C=O) groups is 2. The third-order valence-corrected chi connectivity index (χ3v) is 6.51. The van der Waals surface area contributed by atoms with Gasteiger partial charge in [0.1, 0.15) is 5.56 Å². The molecular weight excluding hydrogens is 452 g/mol. The fourth-order valence-corrected chi connectivity index (χ4v) is 4.60. The number of nitrogens with zero attached hydrogens (tertiary/aromatic N) is 1. The fraction of sp³-hybridized carbons (Fsp3) is 0.296. The average Bonchev–Trinajstić information content (AvgIpc) is 2.81. The fourth-order valence-electron chi connectivity index (χ4n) is 4.48. The number of hydrogen-bond donors (Lipinski definition) is 2. The quantitative estimate of drug-likeness (QED) is 0.534. The lowest BCUT2D eigenvalue weighted by Crippen LogP contribution is -2.39. The third kappa shape index (κ3) is 5.39. The summed E-state index contributed by atoms with van der Waals surface area (Å²) in [7, 11) is 0. The van der Waals surface area contributed by atoms with Gasteiger partial charge in [-0.2, -0.15) is 0 Å². The molecule has 34 heavy (non-hydrogen) atoms. The normalized spacial score (nSPS) is 14.4. The van der Waals surface area contributed by atoms with Crippen molar-refractivity contribution in [2.75, 3.05) is 0 Å². The molecule has 1 aliphatic rings. The van der Waals surface area contributed by atoms with Crippen molar-refractivity contribution in [1.29, 1.82) is 0 Å². The van der Waals surface area contributed by atoms with Gasteiger partial charge >= 0.3 is 5.97 Å². The first-order valence-electron chi connectivity index (χ1n) is 11.5. The second kappa shape index (κ2) is 10.7. The highest BCUT2D eigenvalue weighted by atomic mass is 35.5. The number of hydrogen-bond acceptors (Lipinski definition) is 3. The number of rotatable bonds is 6. The van der Waals surface area contributed by atoms with Crippen LogP contribution in [0.4, 0.5) is 0 Å². The number of carbonyl (C=O) groups excluding carboxylic acids is 1. The van der Waals surface area contributed by atoms with Crippen molar-refractivity contribution in [1.82, 2.24) is 9.88 Å². The lowest BCUT2D eigenvalue weighted by atomic mass is 9.95. The van der Waals surface area contributed by atoms with Crippen molar-refractivity contribution >= 4 is 23.5 Å². The highest BCUT2D eigenvalue weighted by Gasteiger charge is 2.26. The molecule has 0 saturated carbocycles. The molecule has 4 rings (SSSR count). The number of halogens is 1. The average molecular weight is 479 g/mol. The number of fused-ring (bicyclic) bond motifs is 1. The maximum absolute atomic E-state index is 13.6. The summed E-state index contributed by atoms with van der Waals surface area (Å²) in [6.45, 7) is 0.320. The van der Waals surface area contributed by atoms with Gasteiger partial charge < -0.3 is 15.0 Å². The van der Waals surface area contributed by atoms with Gasteiger partial charge in [0.05, 0.1) is 6.54 Å². The molecule has 2 N–H and O–H groups in total. The van der Waals surface area contributed by atoms with E-state index in [-0.39, 0.29) is 5.56 Å². The predicted octanol–water partition coefficient (Wildman–Crippen LogP) is 4.76. The topological polar surface area (TPSA) is 88.4 Å². The van der Waals surface area contributed by atoms with Gasteiger partial charge in [0, 0.05) is 10.7 Å². The molecule has 2 aromatic carbocycles. The zero-order chi connectivity index (χ0) is 24.1. The first kappa shape index (κ1) is 23.8. The number of aryl methyl sites for hydroxylation is 1. The first-order valence-corrected chi connectivity index (χ1v) is 11.9. The van der Waals surface area contributed by atoms with E-state index in [2.05, 4.69) is 5.32 Å². The number of carboxylic acid groups (broad SMARTS) is 1. The Bertz CT molecular complexity index is 1240. The van der Waals surface area contributed by atoms with E-state index in [9.17, 15) is 19.5 Å². The molecule has 1 atom stereocenters. The Balaban J connectivity index is 1.75. The maximum atomic E-state index is 13.6. The largest absolute Gasteiger partial charge is 0.479 e. The molecule has 0 spiro atoms. The predicted molar refractivity (Wildman–Crippen MR) is 131 cm³/mol. The van der Waals surface area contributed by atoms with E-state index in [1.165, 1.54) is 0 Å². The highest BCUT2D eigenvalue weighted by Crippen LogP contribution is 2.22. The molecule has 176 valence electrons. The van der Waals surface area contributed by atoms with Crippen molar-refractivity contribution in [2.45, 2.75) is 51.1 Å². The van der Waals surface area contributed by atoms with Crippen molar-refractivity contribution in [3.8, 4) is 0 Å². The van der Waals surface area contributed by atoms with Crippen LogP contribution in [0.1, 0.15) is 64.5 Å². The maximum Gasteiger partial charge on any atom is 0.330 e. The van der Waals surface area contributed by atoms with E-state index in [1.807, 2.05) is 12.1 Å². The van der Waals surface area contributed by atoms with Crippen molar-refractivity contribution in [3.05, 3.63) is 104 Å². The number of benzene rings is 2. The molecule has 0 bridgehead atoms. The van der Waals surface area contributed by atoms with Gasteiger partial charge in [-0.25, -0.2) is 4.79 Å². The third-order valence-electron chi connectivity index (χ3n) is 6.25. The summed E-state index contributed by atoms with van der Waals surface area (Å²) >= 11 is 6.02. The molecule has 1 aromatic heterocycles. The summed E-state index contributed by atoms with van der Waals surface area (Å²) in [5.41, 5.74) is 2.83. The molecule has 1 heterocycles. The molecule has 7 heteroatoms. The minimum atomic E-state index is -1.25. The highest BCUT2D eigenvalue weighted by molar-refractivity contribution is 6.30. The van der Waals surface area contributed by atoms with Gasteiger partial charge in [0.15, 0.2) is 6.04 Å². The molecule has 0 fully saturated rings. The van der Waals surface area contributed by atoms with Crippen molar-refractivity contribution < 1.29 is 14.7 Å². The zero-order valence-electron chi connectivity index (χ0n) is 18.8. The molecule has 0 saturated heterocycles. The summed E-state index contributed by atoms with van der Waals surface area (Å²) in [6, 6.07) is 16.2. The molecule has 0 aliphatic heterocycles.